The number of rotatable bonds is 2. The Morgan fingerprint density at radius 1 is 2.00 bits per heavy atom. The molecular formula is C2H7N3O3. The van der Waals surface area contributed by atoms with Crippen LogP contribution in [0.15, 0.2) is 0 Å². The third-order valence-electron chi connectivity index (χ3n) is 0.268. The maximum absolute atomic E-state index is 9.85. The van der Waals surface area contributed by atoms with Gasteiger partial charge < -0.3 is 4.84 Å². The van der Waals surface area contributed by atoms with E-state index < -0.39 is 11.3 Å². The van der Waals surface area contributed by atoms with E-state index in [9.17, 15) is 4.79 Å². The van der Waals surface area contributed by atoms with Gasteiger partial charge in [0.2, 0.25) is 0 Å². The Morgan fingerprint density at radius 2 is 2.50 bits per heavy atom. The lowest BCUT2D eigenvalue weighted by Crippen LogP contribution is -3.11. The topological polar surface area (TPSA) is 91.1 Å². The molecule has 6 heteroatoms. The fraction of sp³-hybridized carbons (Fsp3) is 0.500. The summed E-state index contributed by atoms with van der Waals surface area (Å²) in [5, 5.41) is 7.29. The van der Waals surface area contributed by atoms with Gasteiger partial charge in [-0.1, -0.05) is 0 Å². The summed E-state index contributed by atoms with van der Waals surface area (Å²) in [6.07, 6.45) is 0. The molecule has 0 aromatic rings. The van der Waals surface area contributed by atoms with E-state index in [-0.39, 0.29) is 0 Å². The zero-order valence-electron chi connectivity index (χ0n) is 4.29. The van der Waals surface area contributed by atoms with Crippen LogP contribution < -0.4 is 11.1 Å². The van der Waals surface area contributed by atoms with Crippen LogP contribution in [0.5, 0.6) is 0 Å². The zero-order chi connectivity index (χ0) is 6.57. The molecule has 0 radical (unpaired) electrons. The number of hydrogen-bond donors (Lipinski definition) is 3. The van der Waals surface area contributed by atoms with Gasteiger partial charge in [-0.05, 0) is 0 Å². The smallest absolute Gasteiger partial charge is 0.291 e. The van der Waals surface area contributed by atoms with Crippen molar-refractivity contribution < 1.29 is 20.1 Å². The maximum Gasteiger partial charge on any atom is 0.291 e. The molecule has 0 aliphatic heterocycles. The van der Waals surface area contributed by atoms with E-state index >= 15 is 0 Å². The van der Waals surface area contributed by atoms with E-state index in [4.69, 9.17) is 5.21 Å². The second-order valence-electron chi connectivity index (χ2n) is 1.03. The first kappa shape index (κ1) is 7.31. The lowest BCUT2D eigenvalue weighted by atomic mass is 10.8. The number of quaternary nitrogens is 1. The Kier molecular flexibility index (Phi) is 3.04. The Morgan fingerprint density at radius 3 is 2.62 bits per heavy atom. The number of nitrogens with two attached hydrogens (primary N) is 1. The molecule has 0 bridgehead atoms. The molecule has 0 spiro atoms. The molecule has 0 aliphatic rings. The van der Waals surface area contributed by atoms with E-state index in [0.717, 1.165) is 6.92 Å². The minimum atomic E-state index is -0.764. The lowest BCUT2D eigenvalue weighted by molar-refractivity contribution is -1.08. The Balaban J connectivity index is 3.05. The largest absolute Gasteiger partial charge is 0.509 e. The molecule has 1 atom stereocenters. The minimum absolute atomic E-state index is 0.623. The lowest BCUT2D eigenvalue weighted by Gasteiger charge is -2.16. The van der Waals surface area contributed by atoms with Gasteiger partial charge in [0.05, 0.1) is 0 Å². The van der Waals surface area contributed by atoms with Gasteiger partial charge in [0.25, 0.3) is 5.97 Å². The fourth-order valence-electron chi connectivity index (χ4n) is 0.111. The van der Waals surface area contributed by atoms with Crippen LogP contribution in [0.4, 0.5) is 0 Å². The van der Waals surface area contributed by atoms with Gasteiger partial charge in [0.15, 0.2) is 0 Å². The van der Waals surface area contributed by atoms with Gasteiger partial charge in [-0.3, -0.25) is 4.79 Å². The van der Waals surface area contributed by atoms with Crippen LogP contribution in [0.25, 0.3) is 5.59 Å². The Bertz CT molecular complexity index is 82.6. The fourth-order valence-corrected chi connectivity index (χ4v) is 0.111. The molecule has 0 aromatic carbocycles. The van der Waals surface area contributed by atoms with E-state index in [1.165, 1.54) is 0 Å². The van der Waals surface area contributed by atoms with Gasteiger partial charge in [-0.25, -0.2) is 10.8 Å². The minimum Gasteiger partial charge on any atom is -0.509 e. The first-order chi connectivity index (χ1) is 3.63. The molecule has 0 fully saturated rings. The van der Waals surface area contributed by atoms with Crippen LogP contribution in [-0.4, -0.2) is 11.2 Å². The van der Waals surface area contributed by atoms with E-state index in [2.05, 4.69) is 16.3 Å². The van der Waals surface area contributed by atoms with Gasteiger partial charge in [-0.15, -0.1) is 0 Å². The molecule has 0 amide bonds. The molecule has 0 aromatic heterocycles. The Hall–Kier alpha value is -0.690. The highest BCUT2D eigenvalue weighted by atomic mass is 16.8. The normalized spacial score (nSPS) is 12.9. The van der Waals surface area contributed by atoms with Crippen LogP contribution in [0.1, 0.15) is 6.92 Å². The number of hydrogen-bond acceptors (Lipinski definition) is 4. The highest BCUT2D eigenvalue weighted by Gasteiger charge is 1.83. The van der Waals surface area contributed by atoms with E-state index in [0.29, 0.717) is 0 Å². The first-order valence-corrected chi connectivity index (χ1v) is 1.83. The molecule has 4 N–H and O–H groups in total. The maximum atomic E-state index is 9.85. The zero-order valence-corrected chi connectivity index (χ0v) is 4.29. The molecule has 6 nitrogen and oxygen atoms in total. The molecule has 8 heavy (non-hydrogen) atoms. The molecule has 48 valence electrons. The quantitative estimate of drug-likeness (QED) is 0.288. The first-order valence-electron chi connectivity index (χ1n) is 1.83. The van der Waals surface area contributed by atoms with Gasteiger partial charge in [0, 0.05) is 6.92 Å². The highest BCUT2D eigenvalue weighted by molar-refractivity contribution is 5.66. The van der Waals surface area contributed by atoms with Crippen LogP contribution in [0.3, 0.4) is 0 Å². The number of nitrogens with one attached hydrogen (secondary N) is 1. The second-order valence-corrected chi connectivity index (χ2v) is 1.03. The number of nitrogens with zero attached hydrogens (tertiary/aromatic N) is 1. The Labute approximate surface area is 45.7 Å². The molecule has 0 saturated carbocycles. The monoisotopic (exact) mass is 121 g/mol. The van der Waals surface area contributed by atoms with Crippen molar-refractivity contribution in [3.8, 4) is 0 Å². The van der Waals surface area contributed by atoms with Crippen molar-refractivity contribution >= 4 is 5.97 Å². The summed E-state index contributed by atoms with van der Waals surface area (Å²) >= 11 is 0. The molecule has 0 saturated heterocycles. The van der Waals surface area contributed by atoms with Crippen LogP contribution in [0.2, 0.25) is 0 Å². The van der Waals surface area contributed by atoms with Crippen LogP contribution in [0, 0.1) is 0 Å². The van der Waals surface area contributed by atoms with Crippen molar-refractivity contribution in [1.29, 1.82) is 0 Å². The predicted octanol–water partition coefficient (Wildman–Crippen LogP) is -2.10. The summed E-state index contributed by atoms with van der Waals surface area (Å²) < 4.78 is 0. The molecule has 0 heterocycles. The van der Waals surface area contributed by atoms with E-state index in [1.54, 1.807) is 0 Å². The van der Waals surface area contributed by atoms with Gasteiger partial charge in [0.1, 0.15) is 0 Å². The van der Waals surface area contributed by atoms with Crippen molar-refractivity contribution in [3.05, 3.63) is 5.59 Å². The molecule has 0 rings (SSSR count). The van der Waals surface area contributed by atoms with E-state index in [1.807, 2.05) is 0 Å². The van der Waals surface area contributed by atoms with Crippen molar-refractivity contribution in [3.63, 3.8) is 0 Å². The van der Waals surface area contributed by atoms with Gasteiger partial charge in [-0.2, -0.15) is 11.1 Å². The average molecular weight is 121 g/mol. The number of carbonyl (C=O) groups excluding carboxylic acids is 1. The average Bonchev–Trinajstić information content (AvgIpc) is 1.61. The van der Waals surface area contributed by atoms with Crippen molar-refractivity contribution in [2.45, 2.75) is 6.92 Å². The molecular weight excluding hydrogens is 114 g/mol. The van der Waals surface area contributed by atoms with Gasteiger partial charge >= 0.3 is 0 Å². The van der Waals surface area contributed by atoms with Crippen molar-refractivity contribution in [2.75, 3.05) is 0 Å². The summed E-state index contributed by atoms with van der Waals surface area (Å²) in [6.45, 7) is 1.15. The predicted molar refractivity (Wildman–Crippen MR) is 22.1 cm³/mol. The molecule has 0 aliphatic carbocycles. The molecule has 1 unspecified atom stereocenters. The summed E-state index contributed by atoms with van der Waals surface area (Å²) in [4.78, 5) is 13.7. The van der Waals surface area contributed by atoms with Crippen LogP contribution >= 0.6 is 0 Å². The SMILES string of the molecule is CC(=O)O[N-][NH+](N)O. The summed E-state index contributed by atoms with van der Waals surface area (Å²) in [5.41, 5.74) is 2.72. The summed E-state index contributed by atoms with van der Waals surface area (Å²) in [7, 11) is 0. The third-order valence-corrected chi connectivity index (χ3v) is 0.268. The highest BCUT2D eigenvalue weighted by Crippen LogP contribution is 1.74. The third kappa shape index (κ3) is 5.31. The number of carbonyl (C=O) groups is 1. The van der Waals surface area contributed by atoms with Crippen molar-refractivity contribution in [1.82, 2.24) is 0 Å². The summed E-state index contributed by atoms with van der Waals surface area (Å²) in [5.74, 6) is 3.95. The summed E-state index contributed by atoms with van der Waals surface area (Å²) in [6, 6.07) is 0. The standard InChI is InChI=1S/C2H7N3O3/c1-2(6)8-4-5(3)7/h5,7H,3H2,1H3. The van der Waals surface area contributed by atoms with Crippen molar-refractivity contribution in [2.24, 2.45) is 5.84 Å². The second kappa shape index (κ2) is 3.33. The van der Waals surface area contributed by atoms with Crippen LogP contribution in [-0.2, 0) is 9.63 Å².